The fourth-order valence-electron chi connectivity index (χ4n) is 2.16. The summed E-state index contributed by atoms with van der Waals surface area (Å²) in [6.07, 6.45) is 2.21. The molecule has 0 bridgehead atoms. The Morgan fingerprint density at radius 3 is 2.60 bits per heavy atom. The van der Waals surface area contributed by atoms with Crippen molar-refractivity contribution < 1.29 is 17.9 Å². The van der Waals surface area contributed by atoms with Crippen LogP contribution in [-0.2, 0) is 14.8 Å². The first-order valence-corrected chi connectivity index (χ1v) is 7.93. The summed E-state index contributed by atoms with van der Waals surface area (Å²) in [6, 6.07) is 6.20. The quantitative estimate of drug-likeness (QED) is 0.926. The van der Waals surface area contributed by atoms with Gasteiger partial charge in [-0.15, -0.1) is 0 Å². The Balaban J connectivity index is 2.23. The van der Waals surface area contributed by atoms with E-state index in [1.165, 1.54) is 23.5 Å². The van der Waals surface area contributed by atoms with Gasteiger partial charge in [-0.25, -0.2) is 13.2 Å². The van der Waals surface area contributed by atoms with E-state index in [4.69, 9.17) is 0 Å². The van der Waals surface area contributed by atoms with Gasteiger partial charge in [0.2, 0.25) is 10.0 Å². The molecule has 20 heavy (non-hydrogen) atoms. The van der Waals surface area contributed by atoms with Crippen LogP contribution in [0.25, 0.3) is 0 Å². The lowest BCUT2D eigenvalue weighted by atomic mass is 10.2. The van der Waals surface area contributed by atoms with E-state index >= 15 is 0 Å². The molecule has 1 heterocycles. The molecule has 0 radical (unpaired) electrons. The summed E-state index contributed by atoms with van der Waals surface area (Å²) in [5.41, 5.74) is 0.398. The number of anilines is 1. The molecule has 0 saturated carbocycles. The molecule has 1 aliphatic heterocycles. The highest BCUT2D eigenvalue weighted by Crippen LogP contribution is 2.22. The average Bonchev–Trinajstić information content (AvgIpc) is 2.48. The maximum absolute atomic E-state index is 12.5. The Hall–Kier alpha value is -1.60. The molecule has 1 aromatic carbocycles. The number of sulfonamides is 1. The normalized spacial score (nSPS) is 16.6. The first-order valence-electron chi connectivity index (χ1n) is 6.49. The first-order chi connectivity index (χ1) is 9.54. The number of amides is 1. The van der Waals surface area contributed by atoms with Crippen LogP contribution in [0.5, 0.6) is 0 Å². The maximum Gasteiger partial charge on any atom is 0.411 e. The summed E-state index contributed by atoms with van der Waals surface area (Å²) < 4.78 is 30.9. The van der Waals surface area contributed by atoms with E-state index in [1.807, 2.05) is 0 Å². The third-order valence-electron chi connectivity index (χ3n) is 3.22. The van der Waals surface area contributed by atoms with E-state index in [0.29, 0.717) is 18.8 Å². The second-order valence-corrected chi connectivity index (χ2v) is 6.55. The number of piperidine rings is 1. The number of nitrogens with one attached hydrogen (secondary N) is 1. The summed E-state index contributed by atoms with van der Waals surface area (Å²) in [5.74, 6) is 0. The zero-order valence-corrected chi connectivity index (χ0v) is 12.1. The minimum atomic E-state index is -3.49. The van der Waals surface area contributed by atoms with Crippen molar-refractivity contribution in [3.63, 3.8) is 0 Å². The molecule has 1 aliphatic rings. The fourth-order valence-corrected chi connectivity index (χ4v) is 3.72. The van der Waals surface area contributed by atoms with Crippen molar-refractivity contribution >= 4 is 21.8 Å². The molecule has 7 heteroatoms. The zero-order valence-electron chi connectivity index (χ0n) is 11.3. The summed E-state index contributed by atoms with van der Waals surface area (Å²) >= 11 is 0. The molecule has 0 unspecified atom stereocenters. The predicted molar refractivity (Wildman–Crippen MR) is 75.1 cm³/mol. The Bertz CT molecular complexity index is 580. The number of nitrogens with zero attached hydrogens (tertiary/aromatic N) is 1. The third-order valence-corrected chi connectivity index (χ3v) is 5.11. The van der Waals surface area contributed by atoms with Crippen LogP contribution in [0.15, 0.2) is 29.2 Å². The summed E-state index contributed by atoms with van der Waals surface area (Å²) in [7, 11) is -2.23. The topological polar surface area (TPSA) is 75.7 Å². The van der Waals surface area contributed by atoms with E-state index in [2.05, 4.69) is 10.1 Å². The number of hydrogen-bond acceptors (Lipinski definition) is 4. The molecule has 0 spiro atoms. The number of carbonyl (C=O) groups excluding carboxylic acids is 1. The Kier molecular flexibility index (Phi) is 4.61. The molecule has 1 fully saturated rings. The largest absolute Gasteiger partial charge is 0.453 e. The molecular weight excluding hydrogens is 280 g/mol. The molecule has 1 saturated heterocycles. The van der Waals surface area contributed by atoms with Gasteiger partial charge < -0.3 is 4.74 Å². The average molecular weight is 298 g/mol. The molecule has 1 amide bonds. The molecule has 110 valence electrons. The van der Waals surface area contributed by atoms with Crippen LogP contribution in [0.3, 0.4) is 0 Å². The number of methoxy groups -OCH3 is 1. The van der Waals surface area contributed by atoms with Crippen LogP contribution in [-0.4, -0.2) is 39.0 Å². The van der Waals surface area contributed by atoms with Crippen LogP contribution in [0.2, 0.25) is 0 Å². The first kappa shape index (κ1) is 14.8. The van der Waals surface area contributed by atoms with E-state index in [9.17, 15) is 13.2 Å². The number of hydrogen-bond donors (Lipinski definition) is 1. The van der Waals surface area contributed by atoms with Crippen LogP contribution in [0, 0.1) is 0 Å². The second-order valence-electron chi connectivity index (χ2n) is 4.61. The Morgan fingerprint density at radius 1 is 1.25 bits per heavy atom. The lowest BCUT2D eigenvalue weighted by Crippen LogP contribution is -2.35. The van der Waals surface area contributed by atoms with E-state index in [0.717, 1.165) is 19.3 Å². The molecule has 1 aromatic rings. The summed E-state index contributed by atoms with van der Waals surface area (Å²) in [5, 5.41) is 2.46. The lowest BCUT2D eigenvalue weighted by molar-refractivity contribution is 0.187. The number of ether oxygens (including phenoxy) is 1. The monoisotopic (exact) mass is 298 g/mol. The number of carbonyl (C=O) groups is 1. The van der Waals surface area contributed by atoms with Crippen molar-refractivity contribution in [3.05, 3.63) is 24.3 Å². The van der Waals surface area contributed by atoms with Gasteiger partial charge in [-0.2, -0.15) is 4.31 Å². The van der Waals surface area contributed by atoms with Gasteiger partial charge in [0.05, 0.1) is 12.0 Å². The molecule has 2 rings (SSSR count). The number of benzene rings is 1. The van der Waals surface area contributed by atoms with Crippen molar-refractivity contribution in [2.45, 2.75) is 24.2 Å². The molecule has 0 aromatic heterocycles. The summed E-state index contributed by atoms with van der Waals surface area (Å²) in [4.78, 5) is 11.3. The smallest absolute Gasteiger partial charge is 0.411 e. The van der Waals surface area contributed by atoms with Crippen molar-refractivity contribution in [1.29, 1.82) is 0 Å². The standard InChI is InChI=1S/C13H18N2O4S/c1-19-13(16)14-11-6-5-7-12(10-11)20(17,18)15-8-3-2-4-9-15/h5-7,10H,2-4,8-9H2,1H3,(H,14,16). The van der Waals surface area contributed by atoms with Crippen molar-refractivity contribution in [1.82, 2.24) is 4.31 Å². The van der Waals surface area contributed by atoms with Crippen LogP contribution in [0.4, 0.5) is 10.5 Å². The predicted octanol–water partition coefficient (Wildman–Crippen LogP) is 2.04. The van der Waals surface area contributed by atoms with Gasteiger partial charge in [-0.05, 0) is 31.0 Å². The van der Waals surface area contributed by atoms with Crippen molar-refractivity contribution in [2.75, 3.05) is 25.5 Å². The second kappa shape index (κ2) is 6.23. The van der Waals surface area contributed by atoms with Gasteiger partial charge in [0, 0.05) is 18.8 Å². The van der Waals surface area contributed by atoms with E-state index < -0.39 is 16.1 Å². The number of rotatable bonds is 3. The summed E-state index contributed by atoms with van der Waals surface area (Å²) in [6.45, 7) is 1.11. The highest BCUT2D eigenvalue weighted by Gasteiger charge is 2.26. The molecule has 0 aliphatic carbocycles. The van der Waals surface area contributed by atoms with E-state index in [-0.39, 0.29) is 4.90 Å². The molecule has 0 atom stereocenters. The molecule has 1 N–H and O–H groups in total. The Labute approximate surface area is 118 Å². The van der Waals surface area contributed by atoms with Gasteiger partial charge in [-0.3, -0.25) is 5.32 Å². The van der Waals surface area contributed by atoms with Crippen molar-refractivity contribution in [3.8, 4) is 0 Å². The van der Waals surface area contributed by atoms with Gasteiger partial charge in [0.1, 0.15) is 0 Å². The van der Waals surface area contributed by atoms with E-state index in [1.54, 1.807) is 12.1 Å². The van der Waals surface area contributed by atoms with Crippen LogP contribution < -0.4 is 5.32 Å². The van der Waals surface area contributed by atoms with Crippen molar-refractivity contribution in [2.24, 2.45) is 0 Å². The molecule has 6 nitrogen and oxygen atoms in total. The maximum atomic E-state index is 12.5. The molecular formula is C13H18N2O4S. The van der Waals surface area contributed by atoms with Gasteiger partial charge in [-0.1, -0.05) is 12.5 Å². The van der Waals surface area contributed by atoms with Crippen LogP contribution in [0.1, 0.15) is 19.3 Å². The third kappa shape index (κ3) is 3.29. The minimum absolute atomic E-state index is 0.188. The fraction of sp³-hybridized carbons (Fsp3) is 0.462. The van der Waals surface area contributed by atoms with Gasteiger partial charge >= 0.3 is 6.09 Å². The highest BCUT2D eigenvalue weighted by molar-refractivity contribution is 7.89. The zero-order chi connectivity index (χ0) is 14.6. The van der Waals surface area contributed by atoms with Crippen LogP contribution >= 0.6 is 0 Å². The lowest BCUT2D eigenvalue weighted by Gasteiger charge is -2.26. The SMILES string of the molecule is COC(=O)Nc1cccc(S(=O)(=O)N2CCCCC2)c1. The van der Waals surface area contributed by atoms with Gasteiger partial charge in [0.15, 0.2) is 0 Å². The minimum Gasteiger partial charge on any atom is -0.453 e. The Morgan fingerprint density at radius 2 is 1.95 bits per heavy atom. The highest BCUT2D eigenvalue weighted by atomic mass is 32.2. The van der Waals surface area contributed by atoms with Gasteiger partial charge in [0.25, 0.3) is 0 Å².